The van der Waals surface area contributed by atoms with Crippen LogP contribution in [0.3, 0.4) is 0 Å². The van der Waals surface area contributed by atoms with E-state index in [4.69, 9.17) is 10.8 Å². The van der Waals surface area contributed by atoms with Gasteiger partial charge in [-0.15, -0.1) is 6.58 Å². The maximum absolute atomic E-state index is 11.8. The van der Waals surface area contributed by atoms with Gasteiger partial charge in [0.15, 0.2) is 0 Å². The molecule has 9 heteroatoms. The number of amides is 1. The van der Waals surface area contributed by atoms with E-state index in [1.54, 1.807) is 0 Å². The fourth-order valence-corrected chi connectivity index (χ4v) is 1.65. The van der Waals surface area contributed by atoms with Gasteiger partial charge in [0, 0.05) is 18.3 Å². The van der Waals surface area contributed by atoms with Crippen LogP contribution in [-0.2, 0) is 9.59 Å². The quantitative estimate of drug-likeness (QED) is 0.239. The lowest BCUT2D eigenvalue weighted by molar-refractivity contribution is -0.383. The molecular weight excluding hydrogens is 292 g/mol. The van der Waals surface area contributed by atoms with E-state index in [2.05, 4.69) is 17.2 Å². The Labute approximate surface area is 126 Å². The minimum absolute atomic E-state index is 0.0286. The highest BCUT2D eigenvalue weighted by atomic mass is 16.6. The van der Waals surface area contributed by atoms with Crippen molar-refractivity contribution in [2.45, 2.75) is 12.5 Å². The predicted octanol–water partition coefficient (Wildman–Crippen LogP) is 0.734. The van der Waals surface area contributed by atoms with Crippen molar-refractivity contribution < 1.29 is 19.6 Å². The maximum Gasteiger partial charge on any atom is 0.321 e. The van der Waals surface area contributed by atoms with Crippen molar-refractivity contribution in [3.63, 3.8) is 0 Å². The Bertz CT molecular complexity index is 602. The average molecular weight is 308 g/mol. The molecule has 0 bridgehead atoms. The van der Waals surface area contributed by atoms with Crippen LogP contribution in [0.4, 0.5) is 17.1 Å². The number of nitrogens with zero attached hydrogens (tertiary/aromatic N) is 1. The van der Waals surface area contributed by atoms with Crippen molar-refractivity contribution >= 4 is 28.9 Å². The van der Waals surface area contributed by atoms with Crippen molar-refractivity contribution in [1.29, 1.82) is 0 Å². The number of carboxylic acids is 1. The van der Waals surface area contributed by atoms with Crippen LogP contribution >= 0.6 is 0 Å². The molecule has 0 fully saturated rings. The lowest BCUT2D eigenvalue weighted by Gasteiger charge is -2.13. The number of aliphatic carboxylic acids is 1. The van der Waals surface area contributed by atoms with E-state index in [1.807, 2.05) is 0 Å². The Balaban J connectivity index is 2.75. The Kier molecular flexibility index (Phi) is 6.02. The first-order chi connectivity index (χ1) is 10.3. The normalized spacial score (nSPS) is 11.5. The number of nitrogen functional groups attached to an aromatic ring is 1. The minimum Gasteiger partial charge on any atom is -0.480 e. The second-order valence-corrected chi connectivity index (χ2v) is 4.37. The van der Waals surface area contributed by atoms with Gasteiger partial charge >= 0.3 is 5.97 Å². The highest BCUT2D eigenvalue weighted by Crippen LogP contribution is 2.25. The summed E-state index contributed by atoms with van der Waals surface area (Å²) in [5, 5.41) is 24.8. The van der Waals surface area contributed by atoms with E-state index >= 15 is 0 Å². The van der Waals surface area contributed by atoms with Gasteiger partial charge in [0.05, 0.1) is 11.3 Å². The maximum atomic E-state index is 11.8. The van der Waals surface area contributed by atoms with Crippen LogP contribution in [0.25, 0.3) is 0 Å². The summed E-state index contributed by atoms with van der Waals surface area (Å²) in [7, 11) is 0. The van der Waals surface area contributed by atoms with E-state index < -0.39 is 22.8 Å². The van der Waals surface area contributed by atoms with Crippen molar-refractivity contribution in [2.24, 2.45) is 0 Å². The third-order valence-corrected chi connectivity index (χ3v) is 2.71. The van der Waals surface area contributed by atoms with Crippen LogP contribution in [0.5, 0.6) is 0 Å². The number of nitro benzene ring substituents is 1. The van der Waals surface area contributed by atoms with Crippen molar-refractivity contribution in [3.05, 3.63) is 41.0 Å². The number of nitro groups is 1. The molecule has 1 rings (SSSR count). The van der Waals surface area contributed by atoms with Crippen LogP contribution in [0, 0.1) is 10.1 Å². The van der Waals surface area contributed by atoms with Gasteiger partial charge in [-0.3, -0.25) is 19.7 Å². The molecule has 0 aromatic heterocycles. The van der Waals surface area contributed by atoms with Crippen molar-refractivity contribution in [1.82, 2.24) is 5.32 Å². The number of hydrogen-bond donors (Lipinski definition) is 4. The molecule has 0 saturated heterocycles. The smallest absolute Gasteiger partial charge is 0.321 e. The monoisotopic (exact) mass is 308 g/mol. The number of carboxylic acid groups (broad SMARTS) is 1. The largest absolute Gasteiger partial charge is 0.480 e. The summed E-state index contributed by atoms with van der Waals surface area (Å²) in [6.45, 7) is 3.68. The molecular formula is C13H16N4O5. The zero-order chi connectivity index (χ0) is 16.7. The highest BCUT2D eigenvalue weighted by Gasteiger charge is 2.21. The molecule has 1 amide bonds. The number of rotatable bonds is 8. The van der Waals surface area contributed by atoms with Crippen LogP contribution in [0.15, 0.2) is 30.9 Å². The van der Waals surface area contributed by atoms with Gasteiger partial charge in [0.25, 0.3) is 5.69 Å². The molecule has 5 N–H and O–H groups in total. The lowest BCUT2D eigenvalue weighted by Crippen LogP contribution is -2.39. The molecule has 0 unspecified atom stereocenters. The van der Waals surface area contributed by atoms with Gasteiger partial charge in [-0.1, -0.05) is 6.08 Å². The van der Waals surface area contributed by atoms with Crippen molar-refractivity contribution in [2.75, 3.05) is 17.6 Å². The van der Waals surface area contributed by atoms with Gasteiger partial charge in [0.1, 0.15) is 11.7 Å². The van der Waals surface area contributed by atoms with E-state index in [-0.39, 0.29) is 30.0 Å². The summed E-state index contributed by atoms with van der Waals surface area (Å²) in [6.07, 6.45) is 1.14. The average Bonchev–Trinajstić information content (AvgIpc) is 2.44. The van der Waals surface area contributed by atoms with Crippen LogP contribution < -0.4 is 16.4 Å². The molecule has 1 atom stereocenters. The summed E-state index contributed by atoms with van der Waals surface area (Å²) in [6, 6.07) is 2.72. The number of carbonyl (C=O) groups is 2. The molecule has 0 spiro atoms. The van der Waals surface area contributed by atoms with Crippen LogP contribution in [-0.4, -0.2) is 34.5 Å². The zero-order valence-electron chi connectivity index (χ0n) is 11.6. The van der Waals surface area contributed by atoms with Gasteiger partial charge in [0.2, 0.25) is 5.91 Å². The number of nitrogens with two attached hydrogens (primary N) is 1. The molecule has 9 nitrogen and oxygen atoms in total. The van der Waals surface area contributed by atoms with Gasteiger partial charge in [-0.2, -0.15) is 0 Å². The third kappa shape index (κ3) is 4.87. The third-order valence-electron chi connectivity index (χ3n) is 2.71. The van der Waals surface area contributed by atoms with E-state index in [1.165, 1.54) is 18.2 Å². The number of carbonyl (C=O) groups excluding carboxylic acids is 1. The molecule has 0 aliphatic carbocycles. The Hall–Kier alpha value is -2.94. The summed E-state index contributed by atoms with van der Waals surface area (Å²) < 4.78 is 0. The molecule has 0 saturated carbocycles. The van der Waals surface area contributed by atoms with Crippen LogP contribution in [0.1, 0.15) is 6.42 Å². The lowest BCUT2D eigenvalue weighted by atomic mass is 10.2. The summed E-state index contributed by atoms with van der Waals surface area (Å²) in [4.78, 5) is 32.9. The highest BCUT2D eigenvalue weighted by molar-refractivity contribution is 5.94. The molecule has 118 valence electrons. The topological polar surface area (TPSA) is 148 Å². The van der Waals surface area contributed by atoms with E-state index in [0.29, 0.717) is 0 Å². The Morgan fingerprint density at radius 1 is 1.50 bits per heavy atom. The Morgan fingerprint density at radius 3 is 2.73 bits per heavy atom. The fraction of sp³-hybridized carbons (Fsp3) is 0.231. The van der Waals surface area contributed by atoms with Gasteiger partial charge < -0.3 is 21.5 Å². The molecule has 0 heterocycles. The predicted molar refractivity (Wildman–Crippen MR) is 80.4 cm³/mol. The van der Waals surface area contributed by atoms with E-state index in [9.17, 15) is 19.7 Å². The van der Waals surface area contributed by atoms with Crippen LogP contribution in [0.2, 0.25) is 0 Å². The molecule has 0 radical (unpaired) electrons. The van der Waals surface area contributed by atoms with Gasteiger partial charge in [-0.25, -0.2) is 0 Å². The minimum atomic E-state index is -1.18. The summed E-state index contributed by atoms with van der Waals surface area (Å²) in [5.41, 5.74) is 5.25. The first-order valence-electron chi connectivity index (χ1n) is 6.26. The Morgan fingerprint density at radius 2 is 2.18 bits per heavy atom. The second kappa shape index (κ2) is 7.74. The second-order valence-electron chi connectivity index (χ2n) is 4.37. The van der Waals surface area contributed by atoms with Crippen molar-refractivity contribution in [3.8, 4) is 0 Å². The first-order valence-corrected chi connectivity index (χ1v) is 6.26. The zero-order valence-corrected chi connectivity index (χ0v) is 11.6. The molecule has 1 aromatic carbocycles. The summed E-state index contributed by atoms with van der Waals surface area (Å²) in [5.74, 6) is -1.77. The molecule has 22 heavy (non-hydrogen) atoms. The molecule has 1 aromatic rings. The van der Waals surface area contributed by atoms with Gasteiger partial charge in [-0.05, 0) is 12.1 Å². The number of anilines is 2. The first kappa shape index (κ1) is 17.1. The molecule has 0 aliphatic heterocycles. The fourth-order valence-electron chi connectivity index (χ4n) is 1.65. The standard InChI is InChI=1S/C13H16N4O5/c1-2-5-15-10(13(19)20)7-12(18)16-8-3-4-9(14)11(6-8)17(21)22/h2-4,6,10,15H,1,5,7,14H2,(H,16,18)(H,19,20)/t10-/m1/s1. The number of nitrogens with one attached hydrogen (secondary N) is 2. The number of hydrogen-bond acceptors (Lipinski definition) is 6. The SMILES string of the molecule is C=CCN[C@H](CC(=O)Nc1ccc(N)c([N+](=O)[O-])c1)C(=O)O. The number of benzene rings is 1. The van der Waals surface area contributed by atoms with E-state index in [0.717, 1.165) is 6.07 Å². The summed E-state index contributed by atoms with van der Waals surface area (Å²) >= 11 is 0. The molecule has 0 aliphatic rings.